The van der Waals surface area contributed by atoms with Gasteiger partial charge in [-0.2, -0.15) is 5.10 Å². The predicted octanol–water partition coefficient (Wildman–Crippen LogP) is 5.29. The lowest BCUT2D eigenvalue weighted by Crippen LogP contribution is -2.31. The van der Waals surface area contributed by atoms with Gasteiger partial charge in [-0.25, -0.2) is 4.98 Å². The number of ether oxygens (including phenoxy) is 1. The highest BCUT2D eigenvalue weighted by Gasteiger charge is 2.34. The highest BCUT2D eigenvalue weighted by molar-refractivity contribution is 6.30. The third kappa shape index (κ3) is 4.50. The molecule has 1 atom stereocenters. The molecule has 0 spiro atoms. The van der Waals surface area contributed by atoms with Gasteiger partial charge in [-0.1, -0.05) is 35.9 Å². The molecule has 0 aliphatic carbocycles. The quantitative estimate of drug-likeness (QED) is 0.420. The summed E-state index contributed by atoms with van der Waals surface area (Å²) in [6, 6.07) is 16.8. The Morgan fingerprint density at radius 2 is 2.09 bits per heavy atom. The molecule has 2 aromatic carbocycles. The molecule has 1 fully saturated rings. The van der Waals surface area contributed by atoms with E-state index in [1.807, 2.05) is 48.5 Å². The van der Waals surface area contributed by atoms with Gasteiger partial charge >= 0.3 is 0 Å². The number of carbonyl (C=O) groups excluding carboxylic acids is 1. The lowest BCUT2D eigenvalue weighted by Gasteiger charge is -2.21. The van der Waals surface area contributed by atoms with Gasteiger partial charge in [0.1, 0.15) is 23.2 Å². The molecular weight excluding hydrogens is 440 g/mol. The van der Waals surface area contributed by atoms with Crippen molar-refractivity contribution < 1.29 is 13.9 Å². The number of rotatable bonds is 6. The van der Waals surface area contributed by atoms with Crippen molar-refractivity contribution in [2.24, 2.45) is 0 Å². The Kier molecular flexibility index (Phi) is 5.88. The van der Waals surface area contributed by atoms with Crippen LogP contribution in [0.15, 0.2) is 65.2 Å². The van der Waals surface area contributed by atoms with Crippen LogP contribution in [-0.2, 0) is 6.42 Å². The first-order valence-corrected chi connectivity index (χ1v) is 11.2. The van der Waals surface area contributed by atoms with Crippen LogP contribution in [0.25, 0.3) is 11.3 Å². The Hall–Kier alpha value is -3.58. The fraction of sp³-hybridized carbons (Fsp3) is 0.240. The second-order valence-corrected chi connectivity index (χ2v) is 8.46. The summed E-state index contributed by atoms with van der Waals surface area (Å²) in [5.41, 5.74) is 3.09. The van der Waals surface area contributed by atoms with Gasteiger partial charge < -0.3 is 14.1 Å². The summed E-state index contributed by atoms with van der Waals surface area (Å²) in [5.74, 6) is 1.95. The van der Waals surface area contributed by atoms with E-state index in [1.54, 1.807) is 24.3 Å². The fourth-order valence-electron chi connectivity index (χ4n) is 4.14. The largest absolute Gasteiger partial charge is 0.497 e. The van der Waals surface area contributed by atoms with Crippen molar-refractivity contribution in [1.29, 1.82) is 0 Å². The SMILES string of the molecule is COc1cccc(-c2cc(C(=O)N3CCC[C@@H]3c3ncc(Cc4ccc(Cl)cc4)o3)[nH]n2)c1. The normalized spacial score (nSPS) is 15.7. The average Bonchev–Trinajstić information content (AvgIpc) is 3.60. The zero-order valence-electron chi connectivity index (χ0n) is 18.1. The van der Waals surface area contributed by atoms with Crippen LogP contribution in [0.3, 0.4) is 0 Å². The van der Waals surface area contributed by atoms with Gasteiger partial charge in [0, 0.05) is 23.6 Å². The molecule has 168 valence electrons. The maximum absolute atomic E-state index is 13.3. The van der Waals surface area contributed by atoms with Crippen molar-refractivity contribution in [3.05, 3.63) is 88.7 Å². The molecular formula is C25H23ClN4O3. The van der Waals surface area contributed by atoms with E-state index in [9.17, 15) is 4.79 Å². The second kappa shape index (κ2) is 9.11. The summed E-state index contributed by atoms with van der Waals surface area (Å²) in [6.45, 7) is 0.645. The first-order chi connectivity index (χ1) is 16.1. The number of nitrogens with zero attached hydrogens (tertiary/aromatic N) is 3. The summed E-state index contributed by atoms with van der Waals surface area (Å²) in [6.07, 6.45) is 4.06. The van der Waals surface area contributed by atoms with Crippen LogP contribution < -0.4 is 4.74 Å². The molecule has 0 saturated carbocycles. The number of aromatic nitrogens is 3. The van der Waals surface area contributed by atoms with Gasteiger partial charge in [0.25, 0.3) is 5.91 Å². The Bertz CT molecular complexity index is 1260. The number of hydrogen-bond donors (Lipinski definition) is 1. The van der Waals surface area contributed by atoms with E-state index in [4.69, 9.17) is 20.8 Å². The molecule has 5 rings (SSSR count). The van der Waals surface area contributed by atoms with Gasteiger partial charge in [0.2, 0.25) is 5.89 Å². The third-order valence-electron chi connectivity index (χ3n) is 5.84. The molecule has 8 heteroatoms. The lowest BCUT2D eigenvalue weighted by molar-refractivity contribution is 0.0708. The van der Waals surface area contributed by atoms with Crippen molar-refractivity contribution in [2.45, 2.75) is 25.3 Å². The van der Waals surface area contributed by atoms with Crippen LogP contribution in [0.1, 0.15) is 46.6 Å². The van der Waals surface area contributed by atoms with Crippen molar-refractivity contribution in [1.82, 2.24) is 20.1 Å². The zero-order valence-corrected chi connectivity index (χ0v) is 18.9. The van der Waals surface area contributed by atoms with Crippen molar-refractivity contribution in [3.8, 4) is 17.0 Å². The molecule has 3 heterocycles. The van der Waals surface area contributed by atoms with E-state index in [1.165, 1.54) is 0 Å². The standard InChI is InChI=1S/C25H23ClN4O3/c1-32-19-5-2-4-17(13-19)21-14-22(29-28-21)25(31)30-11-3-6-23(30)24-27-15-20(33-24)12-16-7-9-18(26)10-8-16/h2,4-5,7-10,13-15,23H,3,6,11-12H2,1H3,(H,28,29)/t23-/m1/s1. The Morgan fingerprint density at radius 1 is 1.24 bits per heavy atom. The summed E-state index contributed by atoms with van der Waals surface area (Å²) in [4.78, 5) is 19.6. The summed E-state index contributed by atoms with van der Waals surface area (Å²) in [5, 5.41) is 7.92. The number of carbonyl (C=O) groups is 1. The molecule has 1 aliphatic rings. The van der Waals surface area contributed by atoms with E-state index in [0.717, 1.165) is 35.5 Å². The summed E-state index contributed by atoms with van der Waals surface area (Å²) < 4.78 is 11.3. The van der Waals surface area contributed by atoms with Gasteiger partial charge in [-0.15, -0.1) is 0 Å². The highest BCUT2D eigenvalue weighted by atomic mass is 35.5. The lowest BCUT2D eigenvalue weighted by atomic mass is 10.1. The van der Waals surface area contributed by atoms with E-state index >= 15 is 0 Å². The van der Waals surface area contributed by atoms with Crippen molar-refractivity contribution in [2.75, 3.05) is 13.7 Å². The minimum atomic E-state index is -0.194. The Balaban J connectivity index is 1.32. The van der Waals surface area contributed by atoms with Gasteiger partial charge in [-0.05, 0) is 48.7 Å². The monoisotopic (exact) mass is 462 g/mol. The Labute approximate surface area is 196 Å². The number of oxazole rings is 1. The van der Waals surface area contributed by atoms with Crippen LogP contribution in [0.2, 0.25) is 5.02 Å². The summed E-state index contributed by atoms with van der Waals surface area (Å²) in [7, 11) is 1.62. The van der Waals surface area contributed by atoms with Crippen molar-refractivity contribution in [3.63, 3.8) is 0 Å². The first-order valence-electron chi connectivity index (χ1n) is 10.8. The van der Waals surface area contributed by atoms with Crippen LogP contribution in [-0.4, -0.2) is 39.6 Å². The Morgan fingerprint density at radius 3 is 2.91 bits per heavy atom. The minimum Gasteiger partial charge on any atom is -0.497 e. The molecule has 0 bridgehead atoms. The number of amides is 1. The minimum absolute atomic E-state index is 0.114. The molecule has 2 aromatic heterocycles. The molecule has 1 N–H and O–H groups in total. The number of methoxy groups -OCH3 is 1. The number of halogens is 1. The molecule has 0 unspecified atom stereocenters. The van der Waals surface area contributed by atoms with E-state index < -0.39 is 0 Å². The average molecular weight is 463 g/mol. The molecule has 33 heavy (non-hydrogen) atoms. The van der Waals surface area contributed by atoms with Gasteiger partial charge in [0.15, 0.2) is 0 Å². The van der Waals surface area contributed by atoms with Crippen LogP contribution in [0.4, 0.5) is 0 Å². The number of nitrogens with one attached hydrogen (secondary N) is 1. The maximum Gasteiger partial charge on any atom is 0.272 e. The molecule has 1 aliphatic heterocycles. The smallest absolute Gasteiger partial charge is 0.272 e. The predicted molar refractivity (Wildman–Crippen MR) is 124 cm³/mol. The molecule has 4 aromatic rings. The van der Waals surface area contributed by atoms with E-state index in [-0.39, 0.29) is 11.9 Å². The molecule has 0 radical (unpaired) electrons. The number of H-pyrrole nitrogens is 1. The number of benzene rings is 2. The maximum atomic E-state index is 13.3. The highest BCUT2D eigenvalue weighted by Crippen LogP contribution is 2.33. The topological polar surface area (TPSA) is 84.2 Å². The first kappa shape index (κ1) is 21.3. The number of aromatic amines is 1. The third-order valence-corrected chi connectivity index (χ3v) is 6.09. The van der Waals surface area contributed by atoms with Crippen LogP contribution in [0.5, 0.6) is 5.75 Å². The fourth-order valence-corrected chi connectivity index (χ4v) is 4.27. The molecule has 1 amide bonds. The number of likely N-dealkylation sites (tertiary alicyclic amines) is 1. The van der Waals surface area contributed by atoms with Crippen molar-refractivity contribution >= 4 is 17.5 Å². The van der Waals surface area contributed by atoms with Crippen LogP contribution in [0, 0.1) is 0 Å². The van der Waals surface area contributed by atoms with Gasteiger partial charge in [-0.3, -0.25) is 9.89 Å². The van der Waals surface area contributed by atoms with E-state index in [0.29, 0.717) is 35.3 Å². The number of hydrogen-bond acceptors (Lipinski definition) is 5. The van der Waals surface area contributed by atoms with E-state index in [2.05, 4.69) is 15.2 Å². The second-order valence-electron chi connectivity index (χ2n) is 8.02. The molecule has 1 saturated heterocycles. The van der Waals surface area contributed by atoms with Crippen LogP contribution >= 0.6 is 11.6 Å². The zero-order chi connectivity index (χ0) is 22.8. The summed E-state index contributed by atoms with van der Waals surface area (Å²) >= 11 is 5.97. The van der Waals surface area contributed by atoms with Gasteiger partial charge in [0.05, 0.1) is 19.0 Å². The molecule has 7 nitrogen and oxygen atoms in total.